The summed E-state index contributed by atoms with van der Waals surface area (Å²) >= 11 is 0. The third-order valence-corrected chi connectivity index (χ3v) is 4.82. The van der Waals surface area contributed by atoms with Gasteiger partial charge < -0.3 is 9.72 Å². The summed E-state index contributed by atoms with van der Waals surface area (Å²) in [5.41, 5.74) is 3.28. The molecule has 5 heteroatoms. The van der Waals surface area contributed by atoms with Gasteiger partial charge in [-0.25, -0.2) is 9.67 Å². The molecule has 2 aromatic rings. The number of hydrogen-bond donors (Lipinski definition) is 1. The second-order valence-electron chi connectivity index (χ2n) is 6.18. The van der Waals surface area contributed by atoms with Crippen LogP contribution in [0.2, 0.25) is 0 Å². The first-order valence-corrected chi connectivity index (χ1v) is 7.85. The molecule has 0 aromatic carbocycles. The Hall–Kier alpha value is -1.36. The van der Waals surface area contributed by atoms with Crippen molar-refractivity contribution in [1.29, 1.82) is 0 Å². The molecular formula is C15H22N4O. The van der Waals surface area contributed by atoms with Crippen molar-refractivity contribution in [2.24, 2.45) is 0 Å². The largest absolute Gasteiger partial charge is 0.381 e. The minimum atomic E-state index is 0.521. The SMILES string of the molecule is Cc1nn(C2CCCC2)c2nc(C3CCOCC3)[nH]c12. The van der Waals surface area contributed by atoms with E-state index < -0.39 is 0 Å². The molecule has 0 radical (unpaired) electrons. The Morgan fingerprint density at radius 3 is 2.65 bits per heavy atom. The van der Waals surface area contributed by atoms with Gasteiger partial charge >= 0.3 is 0 Å². The highest BCUT2D eigenvalue weighted by Crippen LogP contribution is 2.33. The highest BCUT2D eigenvalue weighted by molar-refractivity contribution is 5.74. The molecule has 0 amide bonds. The monoisotopic (exact) mass is 274 g/mol. The van der Waals surface area contributed by atoms with E-state index in [0.29, 0.717) is 12.0 Å². The van der Waals surface area contributed by atoms with E-state index in [0.717, 1.165) is 48.7 Å². The van der Waals surface area contributed by atoms with Crippen molar-refractivity contribution in [1.82, 2.24) is 19.7 Å². The molecule has 1 aliphatic carbocycles. The zero-order chi connectivity index (χ0) is 13.5. The molecule has 2 aliphatic rings. The van der Waals surface area contributed by atoms with E-state index in [1.54, 1.807) is 0 Å². The number of imidazole rings is 1. The molecular weight excluding hydrogens is 252 g/mol. The Bertz CT molecular complexity index is 603. The molecule has 4 rings (SSSR count). The normalized spacial score (nSPS) is 22.1. The number of rotatable bonds is 2. The van der Waals surface area contributed by atoms with Crippen LogP contribution in [0, 0.1) is 6.92 Å². The Morgan fingerprint density at radius 2 is 1.90 bits per heavy atom. The lowest BCUT2D eigenvalue weighted by Gasteiger charge is -2.19. The zero-order valence-corrected chi connectivity index (χ0v) is 12.1. The number of aromatic amines is 1. The highest BCUT2D eigenvalue weighted by Gasteiger charge is 2.25. The summed E-state index contributed by atoms with van der Waals surface area (Å²) in [7, 11) is 0. The third kappa shape index (κ3) is 1.95. The fourth-order valence-electron chi connectivity index (χ4n) is 3.63. The lowest BCUT2D eigenvalue weighted by Crippen LogP contribution is -2.15. The second-order valence-corrected chi connectivity index (χ2v) is 6.18. The summed E-state index contributed by atoms with van der Waals surface area (Å²) in [5.74, 6) is 1.66. The fraction of sp³-hybridized carbons (Fsp3) is 0.733. The van der Waals surface area contributed by atoms with Crippen molar-refractivity contribution in [3.8, 4) is 0 Å². The van der Waals surface area contributed by atoms with Crippen LogP contribution in [0.1, 0.15) is 62.0 Å². The maximum atomic E-state index is 5.45. The van der Waals surface area contributed by atoms with Crippen LogP contribution in [0.25, 0.3) is 11.2 Å². The number of aryl methyl sites for hydroxylation is 1. The summed E-state index contributed by atoms with van der Waals surface area (Å²) in [4.78, 5) is 8.42. The van der Waals surface area contributed by atoms with E-state index in [1.807, 2.05) is 0 Å². The summed E-state index contributed by atoms with van der Waals surface area (Å²) in [6, 6.07) is 0.553. The van der Waals surface area contributed by atoms with Gasteiger partial charge in [0.15, 0.2) is 5.65 Å². The van der Waals surface area contributed by atoms with Crippen LogP contribution < -0.4 is 0 Å². The lowest BCUT2D eigenvalue weighted by molar-refractivity contribution is 0.0838. The van der Waals surface area contributed by atoms with E-state index in [-0.39, 0.29) is 0 Å². The Kier molecular flexibility index (Phi) is 3.02. The molecule has 1 aliphatic heterocycles. The predicted octanol–water partition coefficient (Wildman–Crippen LogP) is 3.08. The van der Waals surface area contributed by atoms with Crippen LogP contribution in [0.3, 0.4) is 0 Å². The molecule has 3 heterocycles. The highest BCUT2D eigenvalue weighted by atomic mass is 16.5. The van der Waals surface area contributed by atoms with E-state index >= 15 is 0 Å². The average Bonchev–Trinajstić information content (AvgIpc) is 3.18. The molecule has 2 aromatic heterocycles. The van der Waals surface area contributed by atoms with Gasteiger partial charge in [0.1, 0.15) is 11.3 Å². The van der Waals surface area contributed by atoms with E-state index in [4.69, 9.17) is 14.8 Å². The van der Waals surface area contributed by atoms with Crippen LogP contribution in [0.5, 0.6) is 0 Å². The molecule has 1 saturated heterocycles. The Labute approximate surface area is 118 Å². The first-order valence-electron chi connectivity index (χ1n) is 7.85. The van der Waals surface area contributed by atoms with Gasteiger partial charge in [-0.3, -0.25) is 0 Å². The summed E-state index contributed by atoms with van der Waals surface area (Å²) in [5, 5.41) is 4.72. The van der Waals surface area contributed by atoms with Crippen LogP contribution in [-0.4, -0.2) is 33.0 Å². The smallest absolute Gasteiger partial charge is 0.176 e. The van der Waals surface area contributed by atoms with E-state index in [1.165, 1.54) is 25.7 Å². The number of H-pyrrole nitrogens is 1. The lowest BCUT2D eigenvalue weighted by atomic mass is 10.00. The van der Waals surface area contributed by atoms with Crippen molar-refractivity contribution < 1.29 is 4.74 Å². The maximum absolute atomic E-state index is 5.45. The number of ether oxygens (including phenoxy) is 1. The topological polar surface area (TPSA) is 55.7 Å². The van der Waals surface area contributed by atoms with Crippen molar-refractivity contribution in [2.45, 2.75) is 57.4 Å². The van der Waals surface area contributed by atoms with Gasteiger partial charge in [0.25, 0.3) is 0 Å². The standard InChI is InChI=1S/C15H22N4O/c1-10-13-15(19(18-10)12-4-2-3-5-12)17-14(16-13)11-6-8-20-9-7-11/h11-12H,2-9H2,1H3,(H,16,17). The van der Waals surface area contributed by atoms with Crippen molar-refractivity contribution >= 4 is 11.2 Å². The Morgan fingerprint density at radius 1 is 1.15 bits per heavy atom. The molecule has 2 fully saturated rings. The number of hydrogen-bond acceptors (Lipinski definition) is 3. The molecule has 5 nitrogen and oxygen atoms in total. The molecule has 1 saturated carbocycles. The summed E-state index contributed by atoms with van der Waals surface area (Å²) in [6.07, 6.45) is 7.29. The second kappa shape index (κ2) is 4.88. The van der Waals surface area contributed by atoms with Crippen LogP contribution in [0.15, 0.2) is 0 Å². The molecule has 0 unspecified atom stereocenters. The van der Waals surface area contributed by atoms with Crippen LogP contribution in [-0.2, 0) is 4.74 Å². The molecule has 20 heavy (non-hydrogen) atoms. The average molecular weight is 274 g/mol. The van der Waals surface area contributed by atoms with E-state index in [9.17, 15) is 0 Å². The van der Waals surface area contributed by atoms with Crippen molar-refractivity contribution in [3.63, 3.8) is 0 Å². The first-order chi connectivity index (χ1) is 9.83. The van der Waals surface area contributed by atoms with Crippen LogP contribution >= 0.6 is 0 Å². The minimum Gasteiger partial charge on any atom is -0.381 e. The third-order valence-electron chi connectivity index (χ3n) is 4.82. The van der Waals surface area contributed by atoms with Crippen molar-refractivity contribution in [3.05, 3.63) is 11.5 Å². The van der Waals surface area contributed by atoms with Gasteiger partial charge in [-0.15, -0.1) is 0 Å². The number of fused-ring (bicyclic) bond motifs is 1. The quantitative estimate of drug-likeness (QED) is 0.915. The minimum absolute atomic E-state index is 0.521. The maximum Gasteiger partial charge on any atom is 0.176 e. The fourth-order valence-corrected chi connectivity index (χ4v) is 3.63. The summed E-state index contributed by atoms with van der Waals surface area (Å²) < 4.78 is 7.62. The number of aromatic nitrogens is 4. The Balaban J connectivity index is 1.72. The van der Waals surface area contributed by atoms with Crippen molar-refractivity contribution in [2.75, 3.05) is 13.2 Å². The van der Waals surface area contributed by atoms with Gasteiger partial charge in [0.05, 0.1) is 11.7 Å². The van der Waals surface area contributed by atoms with Gasteiger partial charge in [0, 0.05) is 19.1 Å². The molecule has 108 valence electrons. The molecule has 0 bridgehead atoms. The van der Waals surface area contributed by atoms with E-state index in [2.05, 4.69) is 16.6 Å². The summed E-state index contributed by atoms with van der Waals surface area (Å²) in [6.45, 7) is 3.80. The van der Waals surface area contributed by atoms with Gasteiger partial charge in [0.2, 0.25) is 0 Å². The molecule has 0 atom stereocenters. The zero-order valence-electron chi connectivity index (χ0n) is 12.1. The number of nitrogens with one attached hydrogen (secondary N) is 1. The predicted molar refractivity (Wildman–Crippen MR) is 76.9 cm³/mol. The van der Waals surface area contributed by atoms with Crippen LogP contribution in [0.4, 0.5) is 0 Å². The first kappa shape index (κ1) is 12.4. The molecule has 0 spiro atoms. The number of nitrogens with zero attached hydrogens (tertiary/aromatic N) is 3. The van der Waals surface area contributed by atoms with Gasteiger partial charge in [-0.2, -0.15) is 5.10 Å². The van der Waals surface area contributed by atoms with Gasteiger partial charge in [-0.05, 0) is 32.6 Å². The molecule has 1 N–H and O–H groups in total. The van der Waals surface area contributed by atoms with Gasteiger partial charge in [-0.1, -0.05) is 12.8 Å².